The van der Waals surface area contributed by atoms with Gasteiger partial charge in [0.2, 0.25) is 0 Å². The number of halogens is 1. The van der Waals surface area contributed by atoms with Gasteiger partial charge in [-0.1, -0.05) is 23.4 Å². The van der Waals surface area contributed by atoms with Crippen LogP contribution in [0.15, 0.2) is 41.5 Å². The van der Waals surface area contributed by atoms with Crippen LogP contribution in [0.4, 0.5) is 5.69 Å². The topological polar surface area (TPSA) is 89.6 Å². The van der Waals surface area contributed by atoms with Gasteiger partial charge in [-0.3, -0.25) is 9.79 Å². The van der Waals surface area contributed by atoms with Crippen molar-refractivity contribution in [3.8, 4) is 5.75 Å². The maximum absolute atomic E-state index is 12.4. The Morgan fingerprint density at radius 2 is 2.19 bits per heavy atom. The third-order valence-electron chi connectivity index (χ3n) is 4.56. The van der Waals surface area contributed by atoms with Gasteiger partial charge in [0.15, 0.2) is 5.17 Å². The number of hydrogen-bond acceptors (Lipinski definition) is 6. The molecule has 134 valence electrons. The van der Waals surface area contributed by atoms with E-state index < -0.39 is 0 Å². The quantitative estimate of drug-likeness (QED) is 0.822. The number of carbonyl (C=O) groups is 1. The number of anilines is 1. The fourth-order valence-electron chi connectivity index (χ4n) is 3.27. The zero-order chi connectivity index (χ0) is 18.1. The normalized spacial score (nSPS) is 21.5. The van der Waals surface area contributed by atoms with E-state index in [1.165, 1.54) is 6.20 Å². The van der Waals surface area contributed by atoms with E-state index >= 15 is 0 Å². The number of nitrogens with two attached hydrogens (primary N) is 1. The Labute approximate surface area is 160 Å². The molecule has 0 bridgehead atoms. The Morgan fingerprint density at radius 3 is 2.96 bits per heavy atom. The van der Waals surface area contributed by atoms with E-state index in [-0.39, 0.29) is 11.4 Å². The van der Waals surface area contributed by atoms with Crippen molar-refractivity contribution in [2.75, 3.05) is 17.7 Å². The number of carbonyl (C=O) groups excluding carboxylic acids is 1. The summed E-state index contributed by atoms with van der Waals surface area (Å²) in [6.45, 7) is 0.606. The number of amides is 1. The lowest BCUT2D eigenvalue weighted by Gasteiger charge is -2.38. The molecular weight excluding hydrogens is 372 g/mol. The lowest BCUT2D eigenvalue weighted by Crippen LogP contribution is -2.36. The summed E-state index contributed by atoms with van der Waals surface area (Å²) in [6, 6.07) is 8.83. The Hall–Kier alpha value is -2.25. The Morgan fingerprint density at radius 1 is 1.31 bits per heavy atom. The van der Waals surface area contributed by atoms with Crippen LogP contribution in [0.25, 0.3) is 0 Å². The molecule has 0 radical (unpaired) electrons. The van der Waals surface area contributed by atoms with Gasteiger partial charge in [-0.05, 0) is 36.8 Å². The van der Waals surface area contributed by atoms with Crippen molar-refractivity contribution < 1.29 is 9.53 Å². The number of nitrogens with one attached hydrogen (secondary N) is 1. The maximum Gasteiger partial charge on any atom is 0.274 e. The second-order valence-corrected chi connectivity index (χ2v) is 7.76. The number of amidine groups is 1. The first kappa shape index (κ1) is 17.2. The molecule has 26 heavy (non-hydrogen) atoms. The lowest BCUT2D eigenvalue weighted by molar-refractivity contribution is 0.102. The average molecular weight is 389 g/mol. The van der Waals surface area contributed by atoms with E-state index in [9.17, 15) is 4.79 Å². The molecule has 1 spiro atoms. The Kier molecular flexibility index (Phi) is 4.50. The highest BCUT2D eigenvalue weighted by Gasteiger charge is 2.39. The van der Waals surface area contributed by atoms with Crippen molar-refractivity contribution in [3.63, 3.8) is 0 Å². The molecular formula is C18H17ClN4O2S. The minimum Gasteiger partial charge on any atom is -0.493 e. The van der Waals surface area contributed by atoms with Gasteiger partial charge < -0.3 is 15.8 Å². The lowest BCUT2D eigenvalue weighted by atomic mass is 9.82. The molecule has 2 aliphatic heterocycles. The zero-order valence-electron chi connectivity index (χ0n) is 13.9. The molecule has 3 heterocycles. The summed E-state index contributed by atoms with van der Waals surface area (Å²) in [4.78, 5) is 21.2. The van der Waals surface area contributed by atoms with Gasteiger partial charge >= 0.3 is 0 Å². The summed E-state index contributed by atoms with van der Waals surface area (Å²) in [5, 5.41) is 3.96. The molecule has 1 aromatic carbocycles. The Bertz CT molecular complexity index is 887. The molecule has 0 aliphatic carbocycles. The van der Waals surface area contributed by atoms with Crippen LogP contribution in [0.3, 0.4) is 0 Å². The molecule has 4 rings (SSSR count). The van der Waals surface area contributed by atoms with Crippen LogP contribution in [-0.2, 0) is 5.54 Å². The fraction of sp³-hybridized carbons (Fsp3) is 0.278. The summed E-state index contributed by atoms with van der Waals surface area (Å²) in [5.41, 5.74) is 7.55. The summed E-state index contributed by atoms with van der Waals surface area (Å²) < 4.78 is 5.79. The van der Waals surface area contributed by atoms with Gasteiger partial charge in [-0.25, -0.2) is 4.98 Å². The first-order chi connectivity index (χ1) is 12.6. The number of hydrogen-bond donors (Lipinski definition) is 2. The molecule has 0 saturated heterocycles. The largest absolute Gasteiger partial charge is 0.493 e. The monoisotopic (exact) mass is 388 g/mol. The van der Waals surface area contributed by atoms with Crippen LogP contribution in [-0.4, -0.2) is 28.4 Å². The first-order valence-electron chi connectivity index (χ1n) is 8.24. The molecule has 2 aliphatic rings. The molecule has 6 nitrogen and oxygen atoms in total. The molecule has 3 N–H and O–H groups in total. The van der Waals surface area contributed by atoms with Gasteiger partial charge in [0.05, 0.1) is 17.2 Å². The molecule has 0 fully saturated rings. The SMILES string of the molecule is NC1=NC2(CCOc3ccc(NC(=O)c4ccc(Cl)cn4)cc32)CCS1. The van der Waals surface area contributed by atoms with Crippen LogP contribution < -0.4 is 15.8 Å². The number of benzene rings is 1. The second kappa shape index (κ2) is 6.81. The highest BCUT2D eigenvalue weighted by atomic mass is 35.5. The van der Waals surface area contributed by atoms with Crippen LogP contribution in [0, 0.1) is 0 Å². The summed E-state index contributed by atoms with van der Waals surface area (Å²) in [7, 11) is 0. The van der Waals surface area contributed by atoms with Crippen LogP contribution in [0.2, 0.25) is 5.02 Å². The third-order valence-corrected chi connectivity index (χ3v) is 5.58. The second-order valence-electron chi connectivity index (χ2n) is 6.21. The smallest absolute Gasteiger partial charge is 0.274 e. The molecule has 1 atom stereocenters. The van der Waals surface area contributed by atoms with Crippen molar-refractivity contribution in [2.24, 2.45) is 10.7 Å². The van der Waals surface area contributed by atoms with E-state index in [1.807, 2.05) is 18.2 Å². The maximum atomic E-state index is 12.4. The zero-order valence-corrected chi connectivity index (χ0v) is 15.4. The number of fused-ring (bicyclic) bond motifs is 2. The van der Waals surface area contributed by atoms with E-state index in [0.717, 1.165) is 29.9 Å². The van der Waals surface area contributed by atoms with Gasteiger partial charge in [0.25, 0.3) is 5.91 Å². The molecule has 1 aromatic heterocycles. The van der Waals surface area contributed by atoms with Crippen molar-refractivity contribution in [2.45, 2.75) is 18.4 Å². The van der Waals surface area contributed by atoms with E-state index in [4.69, 9.17) is 27.1 Å². The number of aliphatic imine (C=N–C) groups is 1. The van der Waals surface area contributed by atoms with Gasteiger partial charge in [0.1, 0.15) is 11.4 Å². The standard InChI is InChI=1S/C18H17ClN4O2S/c19-11-1-3-14(21-10-11)16(24)22-12-2-4-15-13(9-12)18(5-7-25-15)6-8-26-17(20)23-18/h1-4,9-10H,5-8H2,(H2,20,23)(H,22,24). The molecule has 2 aromatic rings. The van der Waals surface area contributed by atoms with Gasteiger partial charge in [-0.2, -0.15) is 0 Å². The summed E-state index contributed by atoms with van der Waals surface area (Å²) in [5.74, 6) is 1.41. The van der Waals surface area contributed by atoms with Crippen LogP contribution in [0.5, 0.6) is 5.75 Å². The van der Waals surface area contributed by atoms with E-state index in [0.29, 0.717) is 28.2 Å². The highest BCUT2D eigenvalue weighted by Crippen LogP contribution is 2.46. The number of pyridine rings is 1. The van der Waals surface area contributed by atoms with Gasteiger partial charge in [0, 0.05) is 29.6 Å². The average Bonchev–Trinajstić information content (AvgIpc) is 2.63. The minimum atomic E-state index is -0.373. The molecule has 1 amide bonds. The highest BCUT2D eigenvalue weighted by molar-refractivity contribution is 8.13. The number of thioether (sulfide) groups is 1. The number of aromatic nitrogens is 1. The summed E-state index contributed by atoms with van der Waals surface area (Å²) in [6.07, 6.45) is 3.12. The molecule has 0 saturated carbocycles. The third kappa shape index (κ3) is 3.24. The number of ether oxygens (including phenoxy) is 1. The number of rotatable bonds is 2. The first-order valence-corrected chi connectivity index (χ1v) is 9.60. The van der Waals surface area contributed by atoms with E-state index in [2.05, 4.69) is 10.3 Å². The summed E-state index contributed by atoms with van der Waals surface area (Å²) >= 11 is 7.39. The molecule has 8 heteroatoms. The van der Waals surface area contributed by atoms with Crippen molar-refractivity contribution in [3.05, 3.63) is 52.8 Å². The predicted octanol–water partition coefficient (Wildman–Crippen LogP) is 3.42. The predicted molar refractivity (Wildman–Crippen MR) is 104 cm³/mol. The minimum absolute atomic E-state index is 0.297. The van der Waals surface area contributed by atoms with Crippen molar-refractivity contribution in [1.82, 2.24) is 4.98 Å². The number of nitrogens with zero attached hydrogens (tertiary/aromatic N) is 2. The van der Waals surface area contributed by atoms with E-state index in [1.54, 1.807) is 23.9 Å². The van der Waals surface area contributed by atoms with Crippen LogP contribution >= 0.6 is 23.4 Å². The van der Waals surface area contributed by atoms with Crippen molar-refractivity contribution >= 4 is 40.1 Å². The molecule has 1 unspecified atom stereocenters. The van der Waals surface area contributed by atoms with Crippen LogP contribution in [0.1, 0.15) is 28.9 Å². The Balaban J connectivity index is 1.65. The van der Waals surface area contributed by atoms with Gasteiger partial charge in [-0.15, -0.1) is 0 Å². The fourth-order valence-corrected chi connectivity index (χ4v) is 4.27. The van der Waals surface area contributed by atoms with Crippen molar-refractivity contribution in [1.29, 1.82) is 0 Å².